The van der Waals surface area contributed by atoms with Crippen molar-refractivity contribution in [2.24, 2.45) is 12.8 Å². The van der Waals surface area contributed by atoms with Crippen LogP contribution in [0.3, 0.4) is 0 Å². The van der Waals surface area contributed by atoms with E-state index in [2.05, 4.69) is 27.7 Å². The zero-order valence-electron chi connectivity index (χ0n) is 10.4. The third kappa shape index (κ3) is 3.23. The van der Waals surface area contributed by atoms with Gasteiger partial charge in [0.15, 0.2) is 0 Å². The molecule has 2 unspecified atom stereocenters. The van der Waals surface area contributed by atoms with Gasteiger partial charge in [-0.05, 0) is 47.7 Å². The SMILES string of the molecule is CC(N)C(Oc1cccc(I)c1)c1cnn(C)c1. The predicted molar refractivity (Wildman–Crippen MR) is 79.4 cm³/mol. The monoisotopic (exact) mass is 357 g/mol. The van der Waals surface area contributed by atoms with Crippen molar-refractivity contribution in [3.63, 3.8) is 0 Å². The van der Waals surface area contributed by atoms with E-state index in [1.165, 1.54) is 0 Å². The molecule has 2 aromatic rings. The highest BCUT2D eigenvalue weighted by atomic mass is 127. The van der Waals surface area contributed by atoms with Crippen molar-refractivity contribution in [2.75, 3.05) is 0 Å². The Morgan fingerprint density at radius 3 is 2.78 bits per heavy atom. The first kappa shape index (κ1) is 13.4. The third-order valence-electron chi connectivity index (χ3n) is 2.59. The van der Waals surface area contributed by atoms with Crippen LogP contribution in [0.25, 0.3) is 0 Å². The van der Waals surface area contributed by atoms with E-state index >= 15 is 0 Å². The van der Waals surface area contributed by atoms with E-state index in [9.17, 15) is 0 Å². The van der Waals surface area contributed by atoms with E-state index in [0.29, 0.717) is 0 Å². The van der Waals surface area contributed by atoms with Gasteiger partial charge in [0.25, 0.3) is 0 Å². The highest BCUT2D eigenvalue weighted by molar-refractivity contribution is 14.1. The second-order valence-electron chi connectivity index (χ2n) is 4.30. The smallest absolute Gasteiger partial charge is 0.141 e. The number of aromatic nitrogens is 2. The van der Waals surface area contributed by atoms with Crippen LogP contribution in [-0.2, 0) is 7.05 Å². The predicted octanol–water partition coefficient (Wildman–Crippen LogP) is 2.49. The van der Waals surface area contributed by atoms with Crippen LogP contribution >= 0.6 is 22.6 Å². The van der Waals surface area contributed by atoms with Crippen molar-refractivity contribution in [3.8, 4) is 5.75 Å². The van der Waals surface area contributed by atoms with Gasteiger partial charge in [-0.3, -0.25) is 4.68 Å². The molecule has 2 rings (SSSR count). The fourth-order valence-corrected chi connectivity index (χ4v) is 2.27. The molecule has 2 atom stereocenters. The Morgan fingerprint density at radius 2 is 2.22 bits per heavy atom. The first-order valence-electron chi connectivity index (χ1n) is 5.72. The molecular formula is C13H16IN3O. The van der Waals surface area contributed by atoms with Crippen LogP contribution < -0.4 is 10.5 Å². The Kier molecular flexibility index (Phi) is 4.23. The third-order valence-corrected chi connectivity index (χ3v) is 3.26. The van der Waals surface area contributed by atoms with E-state index in [4.69, 9.17) is 10.5 Å². The Hall–Kier alpha value is -1.08. The van der Waals surface area contributed by atoms with E-state index in [1.807, 2.05) is 44.4 Å². The van der Waals surface area contributed by atoms with E-state index in [-0.39, 0.29) is 12.1 Å². The number of benzene rings is 1. The molecule has 0 aliphatic rings. The first-order chi connectivity index (χ1) is 8.56. The number of nitrogens with zero attached hydrogens (tertiary/aromatic N) is 2. The number of halogens is 1. The lowest BCUT2D eigenvalue weighted by Gasteiger charge is -2.21. The molecule has 1 aromatic carbocycles. The summed E-state index contributed by atoms with van der Waals surface area (Å²) in [5.74, 6) is 0.827. The summed E-state index contributed by atoms with van der Waals surface area (Å²) >= 11 is 2.26. The van der Waals surface area contributed by atoms with Gasteiger partial charge in [0.05, 0.1) is 6.20 Å². The van der Waals surface area contributed by atoms with Crippen LogP contribution in [0.15, 0.2) is 36.7 Å². The normalized spacial score (nSPS) is 14.2. The standard InChI is InChI=1S/C13H16IN3O/c1-9(15)13(10-7-16-17(2)8-10)18-12-5-3-4-11(14)6-12/h3-9,13H,15H2,1-2H3. The van der Waals surface area contributed by atoms with Crippen molar-refractivity contribution in [1.29, 1.82) is 0 Å². The fourth-order valence-electron chi connectivity index (χ4n) is 1.75. The number of ether oxygens (including phenoxy) is 1. The molecule has 0 fully saturated rings. The fraction of sp³-hybridized carbons (Fsp3) is 0.308. The zero-order chi connectivity index (χ0) is 13.1. The molecule has 0 radical (unpaired) electrons. The van der Waals surface area contributed by atoms with E-state index < -0.39 is 0 Å². The van der Waals surface area contributed by atoms with Crippen molar-refractivity contribution >= 4 is 22.6 Å². The summed E-state index contributed by atoms with van der Waals surface area (Å²) in [5.41, 5.74) is 6.99. The molecule has 0 spiro atoms. The molecule has 5 heteroatoms. The number of hydrogen-bond donors (Lipinski definition) is 1. The second-order valence-corrected chi connectivity index (χ2v) is 5.55. The van der Waals surface area contributed by atoms with Gasteiger partial charge in [0, 0.05) is 28.4 Å². The summed E-state index contributed by atoms with van der Waals surface area (Å²) in [6.45, 7) is 1.94. The van der Waals surface area contributed by atoms with Gasteiger partial charge < -0.3 is 10.5 Å². The van der Waals surface area contributed by atoms with Crippen molar-refractivity contribution in [2.45, 2.75) is 19.1 Å². The van der Waals surface area contributed by atoms with Crippen LogP contribution in [0.4, 0.5) is 0 Å². The molecule has 1 heterocycles. The molecule has 0 saturated heterocycles. The summed E-state index contributed by atoms with van der Waals surface area (Å²) < 4.78 is 8.86. The minimum absolute atomic E-state index is 0.105. The summed E-state index contributed by atoms with van der Waals surface area (Å²) in [7, 11) is 1.88. The largest absolute Gasteiger partial charge is 0.484 e. The highest BCUT2D eigenvalue weighted by Gasteiger charge is 2.19. The molecule has 0 aliphatic carbocycles. The highest BCUT2D eigenvalue weighted by Crippen LogP contribution is 2.24. The molecule has 0 amide bonds. The molecule has 96 valence electrons. The Bertz CT molecular complexity index is 524. The minimum Gasteiger partial charge on any atom is -0.484 e. The minimum atomic E-state index is -0.183. The lowest BCUT2D eigenvalue weighted by Crippen LogP contribution is -2.28. The molecule has 18 heavy (non-hydrogen) atoms. The van der Waals surface area contributed by atoms with Crippen molar-refractivity contribution < 1.29 is 4.74 Å². The molecule has 0 aliphatic heterocycles. The van der Waals surface area contributed by atoms with Crippen LogP contribution in [0, 0.1) is 3.57 Å². The molecule has 4 nitrogen and oxygen atoms in total. The van der Waals surface area contributed by atoms with E-state index in [0.717, 1.165) is 14.9 Å². The van der Waals surface area contributed by atoms with Gasteiger partial charge in [-0.2, -0.15) is 5.10 Å². The zero-order valence-corrected chi connectivity index (χ0v) is 12.5. The first-order valence-corrected chi connectivity index (χ1v) is 6.80. The topological polar surface area (TPSA) is 53.1 Å². The second kappa shape index (κ2) is 5.71. The van der Waals surface area contributed by atoms with Crippen LogP contribution in [-0.4, -0.2) is 15.8 Å². The number of nitrogens with two attached hydrogens (primary N) is 1. The van der Waals surface area contributed by atoms with Gasteiger partial charge in [-0.15, -0.1) is 0 Å². The Labute approximate surface area is 120 Å². The Balaban J connectivity index is 2.22. The maximum atomic E-state index is 6.00. The van der Waals surface area contributed by atoms with Crippen LogP contribution in [0.1, 0.15) is 18.6 Å². The van der Waals surface area contributed by atoms with Crippen molar-refractivity contribution in [3.05, 3.63) is 45.8 Å². The Morgan fingerprint density at radius 1 is 1.44 bits per heavy atom. The average Bonchev–Trinajstić information content (AvgIpc) is 2.72. The molecule has 0 saturated carbocycles. The average molecular weight is 357 g/mol. The lowest BCUT2D eigenvalue weighted by atomic mass is 10.1. The van der Waals surface area contributed by atoms with Gasteiger partial charge in [-0.1, -0.05) is 6.07 Å². The maximum Gasteiger partial charge on any atom is 0.141 e. The van der Waals surface area contributed by atoms with Crippen LogP contribution in [0.5, 0.6) is 5.75 Å². The summed E-state index contributed by atoms with van der Waals surface area (Å²) in [6.07, 6.45) is 3.54. The molecule has 0 bridgehead atoms. The van der Waals surface area contributed by atoms with E-state index in [1.54, 1.807) is 10.9 Å². The quantitative estimate of drug-likeness (QED) is 0.856. The van der Waals surface area contributed by atoms with Gasteiger partial charge in [-0.25, -0.2) is 0 Å². The maximum absolute atomic E-state index is 6.00. The van der Waals surface area contributed by atoms with Gasteiger partial charge in [0.1, 0.15) is 11.9 Å². The molecule has 2 N–H and O–H groups in total. The molecule has 1 aromatic heterocycles. The molecular weight excluding hydrogens is 341 g/mol. The lowest BCUT2D eigenvalue weighted by molar-refractivity contribution is 0.180. The van der Waals surface area contributed by atoms with Crippen LogP contribution in [0.2, 0.25) is 0 Å². The van der Waals surface area contributed by atoms with Gasteiger partial charge >= 0.3 is 0 Å². The summed E-state index contributed by atoms with van der Waals surface area (Å²) in [6, 6.07) is 7.82. The van der Waals surface area contributed by atoms with Gasteiger partial charge in [0.2, 0.25) is 0 Å². The summed E-state index contributed by atoms with van der Waals surface area (Å²) in [4.78, 5) is 0. The number of hydrogen-bond acceptors (Lipinski definition) is 3. The van der Waals surface area contributed by atoms with Crippen molar-refractivity contribution in [1.82, 2.24) is 9.78 Å². The number of rotatable bonds is 4. The summed E-state index contributed by atoms with van der Waals surface area (Å²) in [5, 5.41) is 4.16. The number of aryl methyl sites for hydroxylation is 1.